The van der Waals surface area contributed by atoms with Crippen LogP contribution in [0.3, 0.4) is 0 Å². The fourth-order valence-corrected chi connectivity index (χ4v) is 1.55. The topological polar surface area (TPSA) is 60.2 Å². The maximum absolute atomic E-state index is 5.62. The summed E-state index contributed by atoms with van der Waals surface area (Å²) in [7, 11) is 0. The number of rotatable bonds is 3. The van der Waals surface area contributed by atoms with Crippen molar-refractivity contribution in [2.75, 3.05) is 13.1 Å². The number of piperidine rings is 1. The molecule has 0 aromatic carbocycles. The zero-order chi connectivity index (χ0) is 9.80. The van der Waals surface area contributed by atoms with Crippen molar-refractivity contribution in [2.45, 2.75) is 32.5 Å². The Morgan fingerprint density at radius 1 is 1.57 bits per heavy atom. The van der Waals surface area contributed by atoms with Gasteiger partial charge in [0.15, 0.2) is 0 Å². The molecule has 2 rings (SSSR count). The van der Waals surface area contributed by atoms with Gasteiger partial charge in [-0.1, -0.05) is 0 Å². The summed E-state index contributed by atoms with van der Waals surface area (Å²) in [5.41, 5.74) is 0. The van der Waals surface area contributed by atoms with E-state index in [4.69, 9.17) is 9.15 Å². The molecule has 0 aliphatic carbocycles. The van der Waals surface area contributed by atoms with Crippen molar-refractivity contribution in [1.29, 1.82) is 0 Å². The van der Waals surface area contributed by atoms with Crippen molar-refractivity contribution in [3.8, 4) is 0 Å². The lowest BCUT2D eigenvalue weighted by atomic mass is 10.1. The Morgan fingerprint density at radius 3 is 3.14 bits per heavy atom. The predicted molar refractivity (Wildman–Crippen MR) is 49.7 cm³/mol. The third-order valence-corrected chi connectivity index (χ3v) is 2.26. The van der Waals surface area contributed by atoms with Crippen LogP contribution in [0, 0.1) is 6.92 Å². The number of nitrogens with one attached hydrogen (secondary N) is 1. The largest absolute Gasteiger partial charge is 0.423 e. The Labute approximate surface area is 82.8 Å². The molecule has 1 aliphatic heterocycles. The molecule has 1 atom stereocenters. The maximum Gasteiger partial charge on any atom is 0.242 e. The molecule has 2 heterocycles. The Hall–Kier alpha value is -0.940. The minimum Gasteiger partial charge on any atom is -0.423 e. The first kappa shape index (κ1) is 9.61. The van der Waals surface area contributed by atoms with Crippen molar-refractivity contribution < 1.29 is 9.15 Å². The molecule has 1 aliphatic rings. The van der Waals surface area contributed by atoms with Gasteiger partial charge >= 0.3 is 0 Å². The van der Waals surface area contributed by atoms with Crippen molar-refractivity contribution in [1.82, 2.24) is 15.5 Å². The maximum atomic E-state index is 5.62. The molecule has 78 valence electrons. The second-order valence-electron chi connectivity index (χ2n) is 3.49. The van der Waals surface area contributed by atoms with Crippen LogP contribution >= 0.6 is 0 Å². The van der Waals surface area contributed by atoms with Gasteiger partial charge in [-0.3, -0.25) is 0 Å². The zero-order valence-electron chi connectivity index (χ0n) is 8.32. The van der Waals surface area contributed by atoms with Crippen LogP contribution < -0.4 is 5.32 Å². The molecule has 0 spiro atoms. The van der Waals surface area contributed by atoms with Gasteiger partial charge < -0.3 is 14.5 Å². The number of aromatic nitrogens is 2. The molecule has 0 saturated carbocycles. The molecular formula is C9H15N3O2. The molecule has 0 radical (unpaired) electrons. The number of hydrogen-bond donors (Lipinski definition) is 1. The van der Waals surface area contributed by atoms with E-state index in [0.717, 1.165) is 19.5 Å². The minimum atomic E-state index is 0.288. The fraction of sp³-hybridized carbons (Fsp3) is 0.778. The van der Waals surface area contributed by atoms with E-state index in [0.29, 0.717) is 18.4 Å². The first-order valence-electron chi connectivity index (χ1n) is 4.96. The zero-order valence-corrected chi connectivity index (χ0v) is 8.32. The first-order chi connectivity index (χ1) is 6.84. The van der Waals surface area contributed by atoms with E-state index in [1.807, 2.05) is 0 Å². The van der Waals surface area contributed by atoms with Gasteiger partial charge in [0.1, 0.15) is 6.61 Å². The molecule has 5 nitrogen and oxygen atoms in total. The van der Waals surface area contributed by atoms with E-state index >= 15 is 0 Å². The summed E-state index contributed by atoms with van der Waals surface area (Å²) in [5.74, 6) is 1.15. The van der Waals surface area contributed by atoms with Crippen molar-refractivity contribution in [3.63, 3.8) is 0 Å². The standard InChI is InChI=1S/C9H15N3O2/c1-7-11-12-9(14-7)6-13-8-3-2-4-10-5-8/h8,10H,2-6H2,1H3/t8-/m0/s1. The summed E-state index contributed by atoms with van der Waals surface area (Å²) < 4.78 is 10.8. The third-order valence-electron chi connectivity index (χ3n) is 2.26. The van der Waals surface area contributed by atoms with Crippen LogP contribution in [-0.4, -0.2) is 29.4 Å². The van der Waals surface area contributed by atoms with Gasteiger partial charge in [0.25, 0.3) is 0 Å². The summed E-state index contributed by atoms with van der Waals surface area (Å²) in [4.78, 5) is 0. The normalized spacial score (nSPS) is 22.5. The highest BCUT2D eigenvalue weighted by atomic mass is 16.5. The highest BCUT2D eigenvalue weighted by molar-refractivity contribution is 4.77. The van der Waals surface area contributed by atoms with E-state index in [2.05, 4.69) is 15.5 Å². The highest BCUT2D eigenvalue weighted by Gasteiger charge is 2.14. The van der Waals surface area contributed by atoms with Gasteiger partial charge in [-0.2, -0.15) is 0 Å². The number of nitrogens with zero attached hydrogens (tertiary/aromatic N) is 2. The van der Waals surface area contributed by atoms with Crippen LogP contribution in [0.25, 0.3) is 0 Å². The minimum absolute atomic E-state index is 0.288. The Morgan fingerprint density at radius 2 is 2.50 bits per heavy atom. The average molecular weight is 197 g/mol. The third kappa shape index (κ3) is 2.52. The number of ether oxygens (including phenoxy) is 1. The van der Waals surface area contributed by atoms with Gasteiger partial charge in [0, 0.05) is 13.5 Å². The molecule has 0 unspecified atom stereocenters. The number of aryl methyl sites for hydroxylation is 1. The van der Waals surface area contributed by atoms with E-state index < -0.39 is 0 Å². The second kappa shape index (κ2) is 4.52. The Balaban J connectivity index is 1.76. The first-order valence-corrected chi connectivity index (χ1v) is 4.96. The van der Waals surface area contributed by atoms with Crippen LogP contribution in [0.5, 0.6) is 0 Å². The summed E-state index contributed by atoms with van der Waals surface area (Å²) in [5, 5.41) is 10.9. The fourth-order valence-electron chi connectivity index (χ4n) is 1.55. The predicted octanol–water partition coefficient (Wildman–Crippen LogP) is 0.647. The molecule has 5 heteroatoms. The summed E-state index contributed by atoms with van der Waals surface area (Å²) in [6.45, 7) is 4.22. The van der Waals surface area contributed by atoms with E-state index in [1.54, 1.807) is 6.92 Å². The van der Waals surface area contributed by atoms with E-state index in [-0.39, 0.29) is 6.10 Å². The summed E-state index contributed by atoms with van der Waals surface area (Å²) >= 11 is 0. The van der Waals surface area contributed by atoms with Gasteiger partial charge in [0.2, 0.25) is 11.8 Å². The van der Waals surface area contributed by atoms with Crippen LogP contribution in [0.15, 0.2) is 4.42 Å². The van der Waals surface area contributed by atoms with Crippen molar-refractivity contribution in [2.24, 2.45) is 0 Å². The highest BCUT2D eigenvalue weighted by Crippen LogP contribution is 2.09. The summed E-state index contributed by atoms with van der Waals surface area (Å²) in [6, 6.07) is 0. The van der Waals surface area contributed by atoms with Gasteiger partial charge in [-0.05, 0) is 19.4 Å². The molecule has 1 aromatic rings. The van der Waals surface area contributed by atoms with Crippen molar-refractivity contribution >= 4 is 0 Å². The Kier molecular flexibility index (Phi) is 3.10. The van der Waals surface area contributed by atoms with Crippen LogP contribution in [0.1, 0.15) is 24.6 Å². The van der Waals surface area contributed by atoms with E-state index in [1.165, 1.54) is 6.42 Å². The molecule has 14 heavy (non-hydrogen) atoms. The molecule has 1 fully saturated rings. The lowest BCUT2D eigenvalue weighted by Crippen LogP contribution is -2.35. The molecule has 0 bridgehead atoms. The lowest BCUT2D eigenvalue weighted by molar-refractivity contribution is 0.0143. The number of hydrogen-bond acceptors (Lipinski definition) is 5. The second-order valence-corrected chi connectivity index (χ2v) is 3.49. The van der Waals surface area contributed by atoms with Crippen LogP contribution in [0.2, 0.25) is 0 Å². The molecule has 1 aromatic heterocycles. The smallest absolute Gasteiger partial charge is 0.242 e. The Bertz CT molecular complexity index is 281. The quantitative estimate of drug-likeness (QED) is 0.770. The van der Waals surface area contributed by atoms with Crippen molar-refractivity contribution in [3.05, 3.63) is 11.8 Å². The SMILES string of the molecule is Cc1nnc(CO[C@H]2CCCNC2)o1. The molecule has 1 N–H and O–H groups in total. The van der Waals surface area contributed by atoms with E-state index in [9.17, 15) is 0 Å². The average Bonchev–Trinajstić information content (AvgIpc) is 2.63. The van der Waals surface area contributed by atoms with Gasteiger partial charge in [-0.15, -0.1) is 10.2 Å². The summed E-state index contributed by atoms with van der Waals surface area (Å²) in [6.07, 6.45) is 2.57. The monoisotopic (exact) mass is 197 g/mol. The molecular weight excluding hydrogens is 182 g/mol. The lowest BCUT2D eigenvalue weighted by Gasteiger charge is -2.22. The molecule has 0 amide bonds. The van der Waals surface area contributed by atoms with Crippen LogP contribution in [0.4, 0.5) is 0 Å². The van der Waals surface area contributed by atoms with Crippen LogP contribution in [-0.2, 0) is 11.3 Å². The molecule has 1 saturated heterocycles. The van der Waals surface area contributed by atoms with Gasteiger partial charge in [0.05, 0.1) is 6.10 Å². The van der Waals surface area contributed by atoms with Gasteiger partial charge in [-0.25, -0.2) is 0 Å².